The Kier molecular flexibility index (Phi) is 6.23. The Balaban J connectivity index is 2.37. The van der Waals surface area contributed by atoms with Crippen molar-refractivity contribution in [2.24, 2.45) is 5.92 Å². The molecule has 0 fully saturated rings. The van der Waals surface area contributed by atoms with Gasteiger partial charge in [-0.2, -0.15) is 0 Å². The van der Waals surface area contributed by atoms with E-state index >= 15 is 0 Å². The summed E-state index contributed by atoms with van der Waals surface area (Å²) in [6.07, 6.45) is 0. The number of imide groups is 1. The van der Waals surface area contributed by atoms with Gasteiger partial charge in [-0.3, -0.25) is 10.1 Å². The Morgan fingerprint density at radius 2 is 2.10 bits per heavy atom. The second-order valence-electron chi connectivity index (χ2n) is 4.66. The number of aryl methyl sites for hydroxylation is 1. The van der Waals surface area contributed by atoms with Crippen LogP contribution in [0, 0.1) is 12.8 Å². The molecule has 4 N–H and O–H groups in total. The first kappa shape index (κ1) is 16.2. The fourth-order valence-corrected chi connectivity index (χ4v) is 1.97. The Bertz CT molecular complexity index is 472. The molecule has 0 aromatic carbocycles. The van der Waals surface area contributed by atoms with Crippen molar-refractivity contribution in [1.29, 1.82) is 0 Å². The van der Waals surface area contributed by atoms with Crippen LogP contribution in [0.4, 0.5) is 10.6 Å². The number of nitrogens with one attached hydrogen (secondary N) is 2. The minimum Gasteiger partial charge on any atom is -0.384 e. The highest BCUT2D eigenvalue weighted by atomic mass is 32.2. The van der Waals surface area contributed by atoms with Crippen LogP contribution in [0.3, 0.4) is 0 Å². The number of urea groups is 1. The first-order valence-electron chi connectivity index (χ1n) is 6.18. The zero-order valence-electron chi connectivity index (χ0n) is 11.8. The molecule has 0 bridgehead atoms. The van der Waals surface area contributed by atoms with E-state index in [0.717, 1.165) is 17.5 Å². The van der Waals surface area contributed by atoms with E-state index in [2.05, 4.69) is 20.6 Å². The van der Waals surface area contributed by atoms with Gasteiger partial charge in [0.15, 0.2) is 5.16 Å². The van der Waals surface area contributed by atoms with E-state index in [1.807, 2.05) is 13.8 Å². The molecule has 8 heteroatoms. The predicted molar refractivity (Wildman–Crippen MR) is 78.3 cm³/mol. The predicted octanol–water partition coefficient (Wildman–Crippen LogP) is 0.941. The monoisotopic (exact) mass is 297 g/mol. The number of nitrogens with two attached hydrogens (primary N) is 1. The van der Waals surface area contributed by atoms with Crippen LogP contribution in [0.2, 0.25) is 0 Å². The van der Waals surface area contributed by atoms with Gasteiger partial charge in [0.05, 0.1) is 5.75 Å². The van der Waals surface area contributed by atoms with Crippen molar-refractivity contribution in [2.75, 3.05) is 18.0 Å². The highest BCUT2D eigenvalue weighted by molar-refractivity contribution is 7.99. The van der Waals surface area contributed by atoms with Crippen molar-refractivity contribution in [2.45, 2.75) is 25.9 Å². The lowest BCUT2D eigenvalue weighted by Gasteiger charge is -2.08. The number of thioether (sulfide) groups is 1. The zero-order valence-corrected chi connectivity index (χ0v) is 12.6. The van der Waals surface area contributed by atoms with E-state index in [1.54, 1.807) is 13.0 Å². The third-order valence-corrected chi connectivity index (χ3v) is 2.96. The second-order valence-corrected chi connectivity index (χ2v) is 5.60. The molecule has 3 amide bonds. The van der Waals surface area contributed by atoms with Gasteiger partial charge in [0.1, 0.15) is 5.82 Å². The first-order chi connectivity index (χ1) is 9.36. The van der Waals surface area contributed by atoms with Gasteiger partial charge in [0, 0.05) is 18.3 Å². The summed E-state index contributed by atoms with van der Waals surface area (Å²) < 4.78 is 0. The van der Waals surface area contributed by atoms with Gasteiger partial charge < -0.3 is 11.1 Å². The van der Waals surface area contributed by atoms with Crippen LogP contribution in [0.1, 0.15) is 19.5 Å². The standard InChI is InChI=1S/C12H19N5O2S/c1-7(2)5-14-11(19)17-10(18)6-20-12-15-8(3)4-9(13)16-12/h4,7H,5-6H2,1-3H3,(H2,13,15,16)(H2,14,17,18,19). The maximum absolute atomic E-state index is 11.6. The lowest BCUT2D eigenvalue weighted by atomic mass is 10.2. The Hall–Kier alpha value is -1.83. The van der Waals surface area contributed by atoms with Crippen molar-refractivity contribution < 1.29 is 9.59 Å². The van der Waals surface area contributed by atoms with Crippen molar-refractivity contribution in [3.8, 4) is 0 Å². The molecule has 1 aromatic rings. The lowest BCUT2D eigenvalue weighted by molar-refractivity contribution is -0.117. The zero-order chi connectivity index (χ0) is 15.1. The Morgan fingerprint density at radius 3 is 2.70 bits per heavy atom. The number of hydrogen-bond donors (Lipinski definition) is 3. The highest BCUT2D eigenvalue weighted by Crippen LogP contribution is 2.14. The van der Waals surface area contributed by atoms with Gasteiger partial charge in [-0.25, -0.2) is 14.8 Å². The summed E-state index contributed by atoms with van der Waals surface area (Å²) in [5.41, 5.74) is 6.32. The van der Waals surface area contributed by atoms with E-state index in [0.29, 0.717) is 23.4 Å². The minimum absolute atomic E-state index is 0.0536. The molecular formula is C12H19N5O2S. The van der Waals surface area contributed by atoms with Crippen LogP contribution >= 0.6 is 11.8 Å². The molecular weight excluding hydrogens is 278 g/mol. The smallest absolute Gasteiger partial charge is 0.321 e. The van der Waals surface area contributed by atoms with Crippen LogP contribution in [0.15, 0.2) is 11.2 Å². The van der Waals surface area contributed by atoms with E-state index in [-0.39, 0.29) is 5.75 Å². The van der Waals surface area contributed by atoms with Crippen LogP contribution < -0.4 is 16.4 Å². The fraction of sp³-hybridized carbons (Fsp3) is 0.500. The maximum Gasteiger partial charge on any atom is 0.321 e. The van der Waals surface area contributed by atoms with Gasteiger partial charge in [-0.1, -0.05) is 25.6 Å². The minimum atomic E-state index is -0.492. The van der Waals surface area contributed by atoms with Gasteiger partial charge in [-0.15, -0.1) is 0 Å². The quantitative estimate of drug-likeness (QED) is 0.551. The molecule has 0 saturated carbocycles. The van der Waals surface area contributed by atoms with Crippen molar-refractivity contribution in [3.63, 3.8) is 0 Å². The molecule has 7 nitrogen and oxygen atoms in total. The van der Waals surface area contributed by atoms with E-state index < -0.39 is 11.9 Å². The SMILES string of the molecule is Cc1cc(N)nc(SCC(=O)NC(=O)NCC(C)C)n1. The van der Waals surface area contributed by atoms with Crippen LogP contribution in [-0.2, 0) is 4.79 Å². The summed E-state index contributed by atoms with van der Waals surface area (Å²) in [7, 11) is 0. The van der Waals surface area contributed by atoms with Crippen molar-refractivity contribution >= 4 is 29.5 Å². The number of nitrogens with zero attached hydrogens (tertiary/aromatic N) is 2. The van der Waals surface area contributed by atoms with Gasteiger partial charge in [0.2, 0.25) is 5.91 Å². The fourth-order valence-electron chi connectivity index (χ4n) is 1.26. The van der Waals surface area contributed by atoms with Crippen LogP contribution in [0.25, 0.3) is 0 Å². The van der Waals surface area contributed by atoms with Crippen molar-refractivity contribution in [1.82, 2.24) is 20.6 Å². The average molecular weight is 297 g/mol. The summed E-state index contributed by atoms with van der Waals surface area (Å²) in [4.78, 5) is 31.1. The van der Waals surface area contributed by atoms with Crippen molar-refractivity contribution in [3.05, 3.63) is 11.8 Å². The van der Waals surface area contributed by atoms with E-state index in [4.69, 9.17) is 5.73 Å². The number of anilines is 1. The summed E-state index contributed by atoms with van der Waals surface area (Å²) in [6.45, 7) is 6.25. The number of carbonyl (C=O) groups is 2. The van der Waals surface area contributed by atoms with Gasteiger partial charge in [0.25, 0.3) is 0 Å². The maximum atomic E-state index is 11.6. The molecule has 110 valence electrons. The number of hydrogen-bond acceptors (Lipinski definition) is 6. The van der Waals surface area contributed by atoms with Crippen LogP contribution in [0.5, 0.6) is 0 Å². The normalized spacial score (nSPS) is 10.4. The number of carbonyl (C=O) groups excluding carboxylic acids is 2. The van der Waals surface area contributed by atoms with E-state index in [9.17, 15) is 9.59 Å². The molecule has 1 aromatic heterocycles. The molecule has 0 aliphatic rings. The lowest BCUT2D eigenvalue weighted by Crippen LogP contribution is -2.41. The molecule has 0 spiro atoms. The average Bonchev–Trinajstić information content (AvgIpc) is 2.33. The summed E-state index contributed by atoms with van der Waals surface area (Å²) in [5, 5.41) is 5.25. The largest absolute Gasteiger partial charge is 0.384 e. The number of amides is 3. The van der Waals surface area contributed by atoms with E-state index in [1.165, 1.54) is 0 Å². The third kappa shape index (κ3) is 6.37. The second kappa shape index (κ2) is 7.68. The molecule has 20 heavy (non-hydrogen) atoms. The Labute approximate surface area is 122 Å². The molecule has 0 aliphatic heterocycles. The van der Waals surface area contributed by atoms with Gasteiger partial charge in [-0.05, 0) is 12.8 Å². The molecule has 0 radical (unpaired) electrons. The molecule has 0 atom stereocenters. The molecule has 0 unspecified atom stereocenters. The Morgan fingerprint density at radius 1 is 1.40 bits per heavy atom. The third-order valence-electron chi connectivity index (χ3n) is 2.11. The molecule has 1 heterocycles. The topological polar surface area (TPSA) is 110 Å². The summed E-state index contributed by atoms with van der Waals surface area (Å²) >= 11 is 1.13. The first-order valence-corrected chi connectivity index (χ1v) is 7.17. The number of aromatic nitrogens is 2. The highest BCUT2D eigenvalue weighted by Gasteiger charge is 2.10. The molecule has 0 aliphatic carbocycles. The number of nitrogen functional groups attached to an aromatic ring is 1. The van der Waals surface area contributed by atoms with Gasteiger partial charge >= 0.3 is 6.03 Å². The molecule has 0 saturated heterocycles. The van der Waals surface area contributed by atoms with Crippen LogP contribution in [-0.4, -0.2) is 34.2 Å². The summed E-state index contributed by atoms with van der Waals surface area (Å²) in [5.74, 6) is 0.335. The molecule has 1 rings (SSSR count). The summed E-state index contributed by atoms with van der Waals surface area (Å²) in [6, 6.07) is 1.15. The number of rotatable bonds is 5.